The van der Waals surface area contributed by atoms with Crippen molar-refractivity contribution in [2.45, 2.75) is 45.8 Å². The molecule has 0 nitrogen and oxygen atoms in total. The monoisotopic (exact) mass is 216 g/mol. The van der Waals surface area contributed by atoms with Gasteiger partial charge in [0.1, 0.15) is 0 Å². The first kappa shape index (κ1) is 12.4. The zero-order valence-corrected chi connectivity index (χ0v) is 12.8. The van der Waals surface area contributed by atoms with Gasteiger partial charge in [0.25, 0.3) is 0 Å². The Hall–Kier alpha value is 0.391. The Labute approximate surface area is 80.7 Å². The SMILES string of the molecule is C=C[Si](C)([Si](C)(C)C)[Si](C)(C)C. The molecule has 0 atom stereocenters. The summed E-state index contributed by atoms with van der Waals surface area (Å²) in [6, 6.07) is 0. The van der Waals surface area contributed by atoms with Gasteiger partial charge < -0.3 is 0 Å². The molecule has 72 valence electrons. The van der Waals surface area contributed by atoms with Crippen LogP contribution >= 0.6 is 0 Å². The first-order valence-corrected chi connectivity index (χ1v) is 16.3. The second-order valence-electron chi connectivity index (χ2n) is 5.91. The lowest BCUT2D eigenvalue weighted by atomic mass is 11.3. The Kier molecular flexibility index (Phi) is 3.38. The van der Waals surface area contributed by atoms with E-state index >= 15 is 0 Å². The summed E-state index contributed by atoms with van der Waals surface area (Å²) >= 11 is 0. The smallest absolute Gasteiger partial charge is 0.0609 e. The van der Waals surface area contributed by atoms with E-state index in [4.69, 9.17) is 0 Å². The Balaban J connectivity index is 5.09. The van der Waals surface area contributed by atoms with Gasteiger partial charge in [0.2, 0.25) is 0 Å². The summed E-state index contributed by atoms with van der Waals surface area (Å²) in [4.78, 5) is 0. The van der Waals surface area contributed by atoms with Crippen LogP contribution < -0.4 is 0 Å². The van der Waals surface area contributed by atoms with Crippen LogP contribution in [0, 0.1) is 0 Å². The highest BCUT2D eigenvalue weighted by Gasteiger charge is 2.48. The molecule has 0 unspecified atom stereocenters. The maximum absolute atomic E-state index is 4.10. The van der Waals surface area contributed by atoms with E-state index in [-0.39, 0.29) is 0 Å². The second-order valence-corrected chi connectivity index (χ2v) is 34.5. The maximum atomic E-state index is 4.10. The Bertz CT molecular complexity index is 157. The Morgan fingerprint density at radius 3 is 1.00 bits per heavy atom. The minimum Gasteiger partial charge on any atom is -0.107 e. The second kappa shape index (κ2) is 3.27. The maximum Gasteiger partial charge on any atom is 0.0609 e. The Morgan fingerprint density at radius 2 is 1.00 bits per heavy atom. The average molecular weight is 217 g/mol. The van der Waals surface area contributed by atoms with E-state index in [1.54, 1.807) is 0 Å². The lowest BCUT2D eigenvalue weighted by Gasteiger charge is -2.45. The summed E-state index contributed by atoms with van der Waals surface area (Å²) < 4.78 is 0. The van der Waals surface area contributed by atoms with Crippen LogP contribution in [0.2, 0.25) is 45.8 Å². The largest absolute Gasteiger partial charge is 0.107 e. The van der Waals surface area contributed by atoms with Crippen LogP contribution in [-0.4, -0.2) is 22.3 Å². The van der Waals surface area contributed by atoms with Crippen molar-refractivity contribution >= 4 is 22.3 Å². The summed E-state index contributed by atoms with van der Waals surface area (Å²) in [7, 11) is -3.01. The van der Waals surface area contributed by atoms with E-state index in [1.165, 1.54) is 0 Å². The average Bonchev–Trinajstić information content (AvgIpc) is 1.81. The highest BCUT2D eigenvalue weighted by molar-refractivity contribution is 7.70. The van der Waals surface area contributed by atoms with Crippen molar-refractivity contribution in [3.8, 4) is 0 Å². The zero-order valence-electron chi connectivity index (χ0n) is 9.78. The molecule has 0 bridgehead atoms. The fourth-order valence-electron chi connectivity index (χ4n) is 1.74. The highest BCUT2D eigenvalue weighted by atomic mass is 29.6. The van der Waals surface area contributed by atoms with E-state index in [2.05, 4.69) is 58.1 Å². The van der Waals surface area contributed by atoms with Gasteiger partial charge in [-0.1, -0.05) is 45.8 Å². The van der Waals surface area contributed by atoms with E-state index in [0.29, 0.717) is 0 Å². The van der Waals surface area contributed by atoms with Gasteiger partial charge in [0, 0.05) is 15.2 Å². The molecule has 0 aliphatic heterocycles. The standard InChI is InChI=1S/C9H24Si3/c1-9-12(8,10(2,3)4)11(5,6)7/h9H,1H2,2-8H3. The zero-order chi connectivity index (χ0) is 10.2. The van der Waals surface area contributed by atoms with Crippen molar-refractivity contribution in [1.29, 1.82) is 0 Å². The lowest BCUT2D eigenvalue weighted by Crippen LogP contribution is -2.68. The molecule has 0 aliphatic carbocycles. The summed E-state index contributed by atoms with van der Waals surface area (Å²) in [5, 5.41) is 0. The molecule has 0 heterocycles. The normalized spacial score (nSPS) is 14.6. The predicted molar refractivity (Wildman–Crippen MR) is 68.5 cm³/mol. The summed E-state index contributed by atoms with van der Waals surface area (Å²) in [6.45, 7) is 21.7. The third-order valence-electron chi connectivity index (χ3n) is 3.52. The van der Waals surface area contributed by atoms with Crippen molar-refractivity contribution < 1.29 is 0 Å². The number of hydrogen-bond donors (Lipinski definition) is 0. The van der Waals surface area contributed by atoms with Gasteiger partial charge in [0.15, 0.2) is 0 Å². The molecule has 0 aliphatic rings. The third kappa shape index (κ3) is 2.00. The van der Waals surface area contributed by atoms with Gasteiger partial charge in [0.05, 0.1) is 7.11 Å². The topological polar surface area (TPSA) is 0 Å². The van der Waals surface area contributed by atoms with Crippen LogP contribution in [0.15, 0.2) is 12.3 Å². The predicted octanol–water partition coefficient (Wildman–Crippen LogP) is 3.62. The van der Waals surface area contributed by atoms with Crippen molar-refractivity contribution in [2.75, 3.05) is 0 Å². The summed E-state index contributed by atoms with van der Waals surface area (Å²) in [6.07, 6.45) is 0. The van der Waals surface area contributed by atoms with Crippen LogP contribution in [-0.2, 0) is 0 Å². The Morgan fingerprint density at radius 1 is 0.750 bits per heavy atom. The molecular weight excluding hydrogens is 192 g/mol. The molecule has 0 saturated heterocycles. The molecule has 0 aromatic carbocycles. The van der Waals surface area contributed by atoms with Crippen molar-refractivity contribution in [1.82, 2.24) is 0 Å². The minimum atomic E-state index is -1.08. The van der Waals surface area contributed by atoms with Crippen LogP contribution in [0.25, 0.3) is 0 Å². The van der Waals surface area contributed by atoms with Crippen molar-refractivity contribution in [2.24, 2.45) is 0 Å². The molecule has 12 heavy (non-hydrogen) atoms. The van der Waals surface area contributed by atoms with Crippen LogP contribution in [0.3, 0.4) is 0 Å². The molecule has 0 radical (unpaired) electrons. The van der Waals surface area contributed by atoms with Crippen LogP contribution in [0.5, 0.6) is 0 Å². The summed E-state index contributed by atoms with van der Waals surface area (Å²) in [5.41, 5.74) is 2.37. The van der Waals surface area contributed by atoms with E-state index in [9.17, 15) is 0 Å². The third-order valence-corrected chi connectivity index (χ3v) is 44.0. The van der Waals surface area contributed by atoms with Gasteiger partial charge >= 0.3 is 0 Å². The first-order chi connectivity index (χ1) is 5.06. The van der Waals surface area contributed by atoms with Gasteiger partial charge in [-0.2, -0.15) is 0 Å². The van der Waals surface area contributed by atoms with E-state index in [1.807, 2.05) is 0 Å². The summed E-state index contributed by atoms with van der Waals surface area (Å²) in [5.74, 6) is 0. The first-order valence-electron chi connectivity index (χ1n) is 4.70. The molecule has 0 aromatic rings. The number of rotatable bonds is 3. The molecule has 3 heteroatoms. The fourth-order valence-corrected chi connectivity index (χ4v) is 35.9. The van der Waals surface area contributed by atoms with E-state index < -0.39 is 22.3 Å². The highest BCUT2D eigenvalue weighted by Crippen LogP contribution is 2.29. The molecule has 0 saturated carbocycles. The van der Waals surface area contributed by atoms with E-state index in [0.717, 1.165) is 0 Å². The molecule has 0 fully saturated rings. The number of hydrogen-bond acceptors (Lipinski definition) is 0. The van der Waals surface area contributed by atoms with Gasteiger partial charge in [-0.25, -0.2) is 0 Å². The van der Waals surface area contributed by atoms with Crippen LogP contribution in [0.1, 0.15) is 0 Å². The molecule has 0 aromatic heterocycles. The van der Waals surface area contributed by atoms with Gasteiger partial charge in [-0.05, 0) is 0 Å². The molecule has 0 rings (SSSR count). The molecule has 0 N–H and O–H groups in total. The lowest BCUT2D eigenvalue weighted by molar-refractivity contribution is 1.74. The molecular formula is C9H24Si3. The van der Waals surface area contributed by atoms with Gasteiger partial charge in [-0.15, -0.1) is 12.3 Å². The van der Waals surface area contributed by atoms with Crippen LogP contribution in [0.4, 0.5) is 0 Å². The molecule has 0 amide bonds. The van der Waals surface area contributed by atoms with Crippen molar-refractivity contribution in [3.63, 3.8) is 0 Å². The molecule has 0 spiro atoms. The van der Waals surface area contributed by atoms with Gasteiger partial charge in [-0.3, -0.25) is 0 Å². The quantitative estimate of drug-likeness (QED) is 0.632. The minimum absolute atomic E-state index is 0.964. The van der Waals surface area contributed by atoms with Crippen molar-refractivity contribution in [3.05, 3.63) is 12.3 Å². The fraction of sp³-hybridized carbons (Fsp3) is 0.778.